The summed E-state index contributed by atoms with van der Waals surface area (Å²) in [6.07, 6.45) is 0.764. The van der Waals surface area contributed by atoms with Gasteiger partial charge in [-0.15, -0.1) is 0 Å². The van der Waals surface area contributed by atoms with Gasteiger partial charge in [0, 0.05) is 0 Å². The molecule has 3 rings (SSSR count). The van der Waals surface area contributed by atoms with Crippen molar-refractivity contribution in [3.63, 3.8) is 0 Å². The van der Waals surface area contributed by atoms with Crippen LogP contribution >= 0.6 is 0 Å². The third kappa shape index (κ3) is 3.01. The predicted molar refractivity (Wildman–Crippen MR) is 78.6 cm³/mol. The van der Waals surface area contributed by atoms with E-state index in [1.54, 1.807) is 18.2 Å². The first kappa shape index (κ1) is 14.3. The third-order valence-electron chi connectivity index (χ3n) is 3.68. The van der Waals surface area contributed by atoms with E-state index in [9.17, 15) is 12.8 Å². The van der Waals surface area contributed by atoms with Crippen LogP contribution in [0.15, 0.2) is 34.2 Å². The average Bonchev–Trinajstić information content (AvgIpc) is 2.46. The molecular weight excluding hydrogens is 295 g/mol. The van der Waals surface area contributed by atoms with Crippen LogP contribution in [0.5, 0.6) is 0 Å². The maximum Gasteiger partial charge on any atom is 0.266 e. The molecule has 0 radical (unpaired) electrons. The molecule has 2 heterocycles. The minimum Gasteiger partial charge on any atom is -0.324 e. The fourth-order valence-electron chi connectivity index (χ4n) is 2.47. The Balaban J connectivity index is 1.80. The van der Waals surface area contributed by atoms with Crippen LogP contribution in [0.3, 0.4) is 0 Å². The van der Waals surface area contributed by atoms with Crippen molar-refractivity contribution < 1.29 is 12.8 Å². The summed E-state index contributed by atoms with van der Waals surface area (Å²) in [5.74, 6) is 0.0734. The van der Waals surface area contributed by atoms with E-state index < -0.39 is 15.7 Å². The lowest BCUT2D eigenvalue weighted by molar-refractivity contribution is 0.126. The molecule has 3 N–H and O–H groups in total. The molecule has 0 spiro atoms. The average molecular weight is 312 g/mol. The smallest absolute Gasteiger partial charge is 0.266 e. The first-order valence-corrected chi connectivity index (χ1v) is 8.30. The number of guanidine groups is 1. The molecule has 0 unspecified atom stereocenters. The van der Waals surface area contributed by atoms with Crippen LogP contribution in [0.25, 0.3) is 0 Å². The Hall–Kier alpha value is -1.67. The topological polar surface area (TPSA) is 82.6 Å². The van der Waals surface area contributed by atoms with Gasteiger partial charge in [0.05, 0.1) is 12.2 Å². The predicted octanol–water partition coefficient (Wildman–Crippen LogP) is 0.838. The minimum absolute atomic E-state index is 0.0539. The molecule has 0 saturated carbocycles. The number of nitrogens with one attached hydrogen (secondary N) is 3. The summed E-state index contributed by atoms with van der Waals surface area (Å²) in [7, 11) is -3.64. The Bertz CT molecular complexity index is 669. The zero-order valence-corrected chi connectivity index (χ0v) is 12.2. The number of sulfonamides is 1. The van der Waals surface area contributed by atoms with Crippen LogP contribution in [0.1, 0.15) is 12.8 Å². The molecule has 0 atom stereocenters. The van der Waals surface area contributed by atoms with Crippen LogP contribution in [0.2, 0.25) is 0 Å². The van der Waals surface area contributed by atoms with Crippen molar-refractivity contribution in [3.8, 4) is 0 Å². The normalized spacial score (nSPS) is 24.7. The highest BCUT2D eigenvalue weighted by Crippen LogP contribution is 2.26. The van der Waals surface area contributed by atoms with E-state index in [1.165, 1.54) is 6.07 Å². The number of benzene rings is 1. The van der Waals surface area contributed by atoms with E-state index in [1.807, 2.05) is 0 Å². The molecule has 0 amide bonds. The summed E-state index contributed by atoms with van der Waals surface area (Å²) in [6.45, 7) is 1.17. The lowest BCUT2D eigenvalue weighted by Gasteiger charge is -2.29. The van der Waals surface area contributed by atoms with Gasteiger partial charge in [0.2, 0.25) is 5.96 Å². The highest BCUT2D eigenvalue weighted by atomic mass is 32.2. The number of rotatable bonds is 2. The number of aliphatic imine (C=N–C) groups is 1. The molecule has 2 aliphatic heterocycles. The van der Waals surface area contributed by atoms with Crippen LogP contribution < -0.4 is 15.4 Å². The van der Waals surface area contributed by atoms with Crippen LogP contribution in [-0.4, -0.2) is 39.7 Å². The van der Waals surface area contributed by atoms with E-state index in [-0.39, 0.29) is 17.4 Å². The molecule has 6 nitrogen and oxygen atoms in total. The monoisotopic (exact) mass is 312 g/mol. The number of alkyl halides is 1. The lowest BCUT2D eigenvalue weighted by Crippen LogP contribution is -2.44. The largest absolute Gasteiger partial charge is 0.324 e. The second-order valence-corrected chi connectivity index (χ2v) is 6.94. The maximum absolute atomic E-state index is 14.5. The SMILES string of the molecule is O=S1(=O)NC(=NCC2(F)CCNCC2)Nc2ccccc21. The maximum atomic E-state index is 14.5. The Morgan fingerprint density at radius 3 is 2.71 bits per heavy atom. The second-order valence-electron chi connectivity index (χ2n) is 5.29. The number of piperidine rings is 1. The molecule has 2 aliphatic rings. The van der Waals surface area contributed by atoms with Crippen molar-refractivity contribution >= 4 is 21.7 Å². The molecular formula is C13H17FN4O2S. The van der Waals surface area contributed by atoms with Gasteiger partial charge in [0.15, 0.2) is 0 Å². The molecule has 1 aromatic carbocycles. The quantitative estimate of drug-likeness (QED) is 0.756. The summed E-state index contributed by atoms with van der Waals surface area (Å²) < 4.78 is 41.0. The van der Waals surface area contributed by atoms with E-state index >= 15 is 0 Å². The Morgan fingerprint density at radius 1 is 1.24 bits per heavy atom. The molecule has 1 saturated heterocycles. The number of hydrogen-bond acceptors (Lipinski definition) is 4. The number of halogens is 1. The van der Waals surface area contributed by atoms with E-state index in [0.29, 0.717) is 31.6 Å². The van der Waals surface area contributed by atoms with Crippen LogP contribution in [0.4, 0.5) is 10.1 Å². The highest BCUT2D eigenvalue weighted by molar-refractivity contribution is 7.90. The molecule has 1 fully saturated rings. The minimum atomic E-state index is -3.64. The van der Waals surface area contributed by atoms with Crippen LogP contribution in [-0.2, 0) is 10.0 Å². The number of anilines is 1. The van der Waals surface area contributed by atoms with Gasteiger partial charge in [0.25, 0.3) is 10.0 Å². The molecule has 114 valence electrons. The summed E-state index contributed by atoms with van der Waals surface area (Å²) in [4.78, 5) is 4.25. The molecule has 0 aliphatic carbocycles. The van der Waals surface area contributed by atoms with Crippen molar-refractivity contribution in [2.45, 2.75) is 23.4 Å². The standard InChI is InChI=1S/C13H17FN4O2S/c14-13(5-7-15-8-6-13)9-16-12-17-10-3-1-2-4-11(10)21(19,20)18-12/h1-4,15H,5-9H2,(H2,16,17,18). The van der Waals surface area contributed by atoms with E-state index in [0.717, 1.165) is 0 Å². The zero-order valence-electron chi connectivity index (χ0n) is 11.4. The van der Waals surface area contributed by atoms with Gasteiger partial charge >= 0.3 is 0 Å². The summed E-state index contributed by atoms with van der Waals surface area (Å²) in [6, 6.07) is 6.53. The van der Waals surface area contributed by atoms with Crippen molar-refractivity contribution in [1.82, 2.24) is 10.0 Å². The van der Waals surface area contributed by atoms with Gasteiger partial charge in [-0.2, -0.15) is 0 Å². The van der Waals surface area contributed by atoms with Gasteiger partial charge in [0.1, 0.15) is 10.6 Å². The molecule has 8 heteroatoms. The van der Waals surface area contributed by atoms with Crippen molar-refractivity contribution in [2.24, 2.45) is 4.99 Å². The number of nitrogens with zero attached hydrogens (tertiary/aromatic N) is 1. The Kier molecular flexibility index (Phi) is 3.58. The first-order valence-electron chi connectivity index (χ1n) is 6.82. The molecule has 0 aromatic heterocycles. The Labute approximate surface area is 122 Å². The fourth-order valence-corrected chi connectivity index (χ4v) is 3.61. The number of hydrogen-bond donors (Lipinski definition) is 3. The summed E-state index contributed by atoms with van der Waals surface area (Å²) >= 11 is 0. The fraction of sp³-hybridized carbons (Fsp3) is 0.462. The summed E-state index contributed by atoms with van der Waals surface area (Å²) in [5.41, 5.74) is -0.921. The second kappa shape index (κ2) is 5.27. The lowest BCUT2D eigenvalue weighted by atomic mass is 9.95. The molecule has 21 heavy (non-hydrogen) atoms. The highest BCUT2D eigenvalue weighted by Gasteiger charge is 2.32. The van der Waals surface area contributed by atoms with E-state index in [2.05, 4.69) is 20.3 Å². The van der Waals surface area contributed by atoms with Crippen molar-refractivity contribution in [1.29, 1.82) is 0 Å². The zero-order chi connectivity index (χ0) is 14.9. The van der Waals surface area contributed by atoms with Gasteiger partial charge in [-0.05, 0) is 38.1 Å². The molecule has 1 aromatic rings. The van der Waals surface area contributed by atoms with E-state index in [4.69, 9.17) is 0 Å². The summed E-state index contributed by atoms with van der Waals surface area (Å²) in [5, 5.41) is 5.98. The number of para-hydroxylation sites is 1. The van der Waals surface area contributed by atoms with Crippen LogP contribution in [0, 0.1) is 0 Å². The Morgan fingerprint density at radius 2 is 1.95 bits per heavy atom. The first-order chi connectivity index (χ1) is 9.99. The molecule has 0 bridgehead atoms. The third-order valence-corrected chi connectivity index (χ3v) is 5.08. The van der Waals surface area contributed by atoms with Gasteiger partial charge in [-0.1, -0.05) is 12.1 Å². The van der Waals surface area contributed by atoms with Gasteiger partial charge in [-0.3, -0.25) is 0 Å². The van der Waals surface area contributed by atoms with Crippen molar-refractivity contribution in [3.05, 3.63) is 24.3 Å². The van der Waals surface area contributed by atoms with Gasteiger partial charge in [-0.25, -0.2) is 22.5 Å². The number of fused-ring (bicyclic) bond motifs is 1. The van der Waals surface area contributed by atoms with Crippen molar-refractivity contribution in [2.75, 3.05) is 25.0 Å². The van der Waals surface area contributed by atoms with Gasteiger partial charge < -0.3 is 10.6 Å².